The summed E-state index contributed by atoms with van der Waals surface area (Å²) in [5, 5.41) is 18.7. The van der Waals surface area contributed by atoms with Gasteiger partial charge in [-0.05, 0) is 54.6 Å². The van der Waals surface area contributed by atoms with E-state index in [4.69, 9.17) is 5.26 Å². The summed E-state index contributed by atoms with van der Waals surface area (Å²) in [6.07, 6.45) is 3.57. The van der Waals surface area contributed by atoms with Gasteiger partial charge in [-0.2, -0.15) is 10.4 Å². The zero-order valence-electron chi connectivity index (χ0n) is 12.8. The molecule has 0 saturated heterocycles. The second-order valence-corrected chi connectivity index (χ2v) is 5.09. The van der Waals surface area contributed by atoms with E-state index in [9.17, 15) is 4.79 Å². The second-order valence-electron chi connectivity index (χ2n) is 5.09. The van der Waals surface area contributed by atoms with Gasteiger partial charge in [-0.15, -0.1) is 0 Å². The first-order valence-electron chi connectivity index (χ1n) is 7.38. The number of nitriles is 1. The Morgan fingerprint density at radius 1 is 1.08 bits per heavy atom. The smallest absolute Gasteiger partial charge is 0.243 e. The van der Waals surface area contributed by atoms with Crippen molar-refractivity contribution in [3.8, 4) is 11.8 Å². The third-order valence-electron chi connectivity index (χ3n) is 3.39. The molecule has 6 nitrogen and oxygen atoms in total. The lowest BCUT2D eigenvalue weighted by molar-refractivity contribution is -0.114. The minimum absolute atomic E-state index is 0.146. The van der Waals surface area contributed by atoms with E-state index in [0.717, 1.165) is 17.1 Å². The van der Waals surface area contributed by atoms with Crippen molar-refractivity contribution >= 4 is 17.3 Å². The maximum Gasteiger partial charge on any atom is 0.243 e. The number of nitrogens with one attached hydrogen (secondary N) is 2. The van der Waals surface area contributed by atoms with E-state index < -0.39 is 0 Å². The van der Waals surface area contributed by atoms with Crippen molar-refractivity contribution < 1.29 is 4.79 Å². The standard InChI is InChI=1S/C18H15N5O/c19-12-14-2-4-15(5-3-14)20-13-18(24)22-16-6-8-17(9-7-16)23-11-1-10-21-23/h1-11,20H,13H2,(H,22,24). The molecule has 2 aromatic carbocycles. The minimum Gasteiger partial charge on any atom is -0.376 e. The summed E-state index contributed by atoms with van der Waals surface area (Å²) in [6.45, 7) is 0.146. The van der Waals surface area contributed by atoms with Crippen molar-refractivity contribution in [2.75, 3.05) is 17.2 Å². The van der Waals surface area contributed by atoms with Gasteiger partial charge in [0.25, 0.3) is 0 Å². The Morgan fingerprint density at radius 2 is 1.79 bits per heavy atom. The molecule has 0 atom stereocenters. The number of carbonyl (C=O) groups excluding carboxylic acids is 1. The molecule has 118 valence electrons. The Hall–Kier alpha value is -3.59. The molecule has 0 fully saturated rings. The maximum absolute atomic E-state index is 12.0. The summed E-state index contributed by atoms with van der Waals surface area (Å²) in [6, 6.07) is 18.3. The fourth-order valence-corrected chi connectivity index (χ4v) is 2.17. The van der Waals surface area contributed by atoms with Crippen molar-refractivity contribution in [1.29, 1.82) is 5.26 Å². The van der Waals surface area contributed by atoms with Gasteiger partial charge in [-0.3, -0.25) is 4.79 Å². The van der Waals surface area contributed by atoms with Crippen LogP contribution in [0.1, 0.15) is 5.56 Å². The van der Waals surface area contributed by atoms with Crippen LogP contribution in [0.25, 0.3) is 5.69 Å². The number of anilines is 2. The number of aromatic nitrogens is 2. The topological polar surface area (TPSA) is 82.7 Å². The Labute approximate surface area is 139 Å². The number of hydrogen-bond acceptors (Lipinski definition) is 4. The largest absolute Gasteiger partial charge is 0.376 e. The third-order valence-corrected chi connectivity index (χ3v) is 3.39. The summed E-state index contributed by atoms with van der Waals surface area (Å²) < 4.78 is 1.75. The van der Waals surface area contributed by atoms with Gasteiger partial charge < -0.3 is 10.6 Å². The molecule has 0 bridgehead atoms. The van der Waals surface area contributed by atoms with Gasteiger partial charge in [0.15, 0.2) is 0 Å². The summed E-state index contributed by atoms with van der Waals surface area (Å²) in [5.74, 6) is -0.147. The molecule has 0 aliphatic carbocycles. The SMILES string of the molecule is N#Cc1ccc(NCC(=O)Nc2ccc(-n3cccn3)cc2)cc1. The number of amides is 1. The first-order chi connectivity index (χ1) is 11.7. The molecule has 1 aromatic heterocycles. The fraction of sp³-hybridized carbons (Fsp3) is 0.0556. The van der Waals surface area contributed by atoms with Crippen LogP contribution in [-0.4, -0.2) is 22.2 Å². The van der Waals surface area contributed by atoms with E-state index in [-0.39, 0.29) is 12.5 Å². The number of rotatable bonds is 5. The van der Waals surface area contributed by atoms with E-state index in [1.54, 1.807) is 35.1 Å². The highest BCUT2D eigenvalue weighted by atomic mass is 16.1. The van der Waals surface area contributed by atoms with Crippen molar-refractivity contribution in [3.63, 3.8) is 0 Å². The van der Waals surface area contributed by atoms with E-state index in [1.807, 2.05) is 36.5 Å². The highest BCUT2D eigenvalue weighted by Gasteiger charge is 2.03. The van der Waals surface area contributed by atoms with Crippen LogP contribution >= 0.6 is 0 Å². The van der Waals surface area contributed by atoms with Gasteiger partial charge in [-0.25, -0.2) is 4.68 Å². The van der Waals surface area contributed by atoms with Crippen molar-refractivity contribution in [3.05, 3.63) is 72.6 Å². The number of benzene rings is 2. The van der Waals surface area contributed by atoms with Crippen LogP contribution in [0.5, 0.6) is 0 Å². The lowest BCUT2D eigenvalue weighted by Gasteiger charge is -2.09. The highest BCUT2D eigenvalue weighted by molar-refractivity contribution is 5.93. The lowest BCUT2D eigenvalue weighted by Crippen LogP contribution is -2.21. The van der Waals surface area contributed by atoms with Gasteiger partial charge in [0.1, 0.15) is 0 Å². The Kier molecular flexibility index (Phi) is 4.54. The van der Waals surface area contributed by atoms with Gasteiger partial charge in [0.2, 0.25) is 5.91 Å². The quantitative estimate of drug-likeness (QED) is 0.758. The molecule has 2 N–H and O–H groups in total. The second kappa shape index (κ2) is 7.11. The van der Waals surface area contributed by atoms with E-state index >= 15 is 0 Å². The molecule has 24 heavy (non-hydrogen) atoms. The molecular formula is C18H15N5O. The lowest BCUT2D eigenvalue weighted by atomic mass is 10.2. The first-order valence-corrected chi connectivity index (χ1v) is 7.38. The van der Waals surface area contributed by atoms with Crippen molar-refractivity contribution in [2.45, 2.75) is 0 Å². The number of hydrogen-bond donors (Lipinski definition) is 2. The molecule has 0 aliphatic rings. The molecule has 0 radical (unpaired) electrons. The summed E-state index contributed by atoms with van der Waals surface area (Å²) in [5.41, 5.74) is 3.02. The number of nitrogens with zero attached hydrogens (tertiary/aromatic N) is 3. The van der Waals surface area contributed by atoms with Gasteiger partial charge in [0, 0.05) is 23.8 Å². The average Bonchev–Trinajstić information content (AvgIpc) is 3.16. The van der Waals surface area contributed by atoms with Crippen LogP contribution in [0.3, 0.4) is 0 Å². The molecule has 1 amide bonds. The van der Waals surface area contributed by atoms with Crippen LogP contribution in [-0.2, 0) is 4.79 Å². The summed E-state index contributed by atoms with van der Waals surface area (Å²) in [7, 11) is 0. The zero-order chi connectivity index (χ0) is 16.8. The van der Waals surface area contributed by atoms with Crippen LogP contribution in [0.2, 0.25) is 0 Å². The average molecular weight is 317 g/mol. The van der Waals surface area contributed by atoms with Crippen LogP contribution < -0.4 is 10.6 Å². The van der Waals surface area contributed by atoms with E-state index in [2.05, 4.69) is 21.8 Å². The molecule has 3 rings (SSSR count). The molecule has 3 aromatic rings. The third kappa shape index (κ3) is 3.78. The summed E-state index contributed by atoms with van der Waals surface area (Å²) >= 11 is 0. The first kappa shape index (κ1) is 15.3. The Morgan fingerprint density at radius 3 is 2.42 bits per heavy atom. The molecule has 0 unspecified atom stereocenters. The van der Waals surface area contributed by atoms with Crippen molar-refractivity contribution in [1.82, 2.24) is 9.78 Å². The summed E-state index contributed by atoms with van der Waals surface area (Å²) in [4.78, 5) is 12.0. The maximum atomic E-state index is 12.0. The van der Waals surface area contributed by atoms with Gasteiger partial charge in [0.05, 0.1) is 23.9 Å². The highest BCUT2D eigenvalue weighted by Crippen LogP contribution is 2.13. The van der Waals surface area contributed by atoms with Crippen molar-refractivity contribution in [2.24, 2.45) is 0 Å². The number of carbonyl (C=O) groups is 1. The predicted molar refractivity (Wildman–Crippen MR) is 91.8 cm³/mol. The van der Waals surface area contributed by atoms with E-state index in [1.165, 1.54) is 0 Å². The minimum atomic E-state index is -0.147. The molecular weight excluding hydrogens is 302 g/mol. The normalized spacial score (nSPS) is 9.96. The van der Waals surface area contributed by atoms with Crippen LogP contribution in [0.4, 0.5) is 11.4 Å². The van der Waals surface area contributed by atoms with Gasteiger partial charge in [-0.1, -0.05) is 0 Å². The van der Waals surface area contributed by atoms with E-state index in [0.29, 0.717) is 5.56 Å². The molecule has 0 spiro atoms. The fourth-order valence-electron chi connectivity index (χ4n) is 2.17. The molecule has 0 aliphatic heterocycles. The Bertz CT molecular complexity index is 846. The molecule has 6 heteroatoms. The monoisotopic (exact) mass is 317 g/mol. The van der Waals surface area contributed by atoms with Crippen LogP contribution in [0.15, 0.2) is 67.0 Å². The Balaban J connectivity index is 1.53. The predicted octanol–water partition coefficient (Wildman–Crippen LogP) is 2.79. The molecule has 1 heterocycles. The zero-order valence-corrected chi connectivity index (χ0v) is 12.8. The van der Waals surface area contributed by atoms with Gasteiger partial charge >= 0.3 is 0 Å². The molecule has 0 saturated carbocycles. The van der Waals surface area contributed by atoms with Crippen LogP contribution in [0, 0.1) is 11.3 Å².